The lowest BCUT2D eigenvalue weighted by molar-refractivity contribution is 0.0231. The first-order valence-corrected chi connectivity index (χ1v) is 5.55. The average Bonchev–Trinajstić information content (AvgIpc) is 2.22. The molecule has 1 fully saturated rings. The Balaban J connectivity index is 1.99. The Kier molecular flexibility index (Phi) is 3.21. The SMILES string of the molecule is Cc1cccnc1NC1CCOC(C)C1. The first-order valence-electron chi connectivity index (χ1n) is 5.55. The van der Waals surface area contributed by atoms with Gasteiger partial charge in [-0.15, -0.1) is 0 Å². The number of ether oxygens (including phenoxy) is 1. The first-order chi connectivity index (χ1) is 7.25. The van der Waals surface area contributed by atoms with Gasteiger partial charge in [-0.1, -0.05) is 6.07 Å². The number of hydrogen-bond donors (Lipinski definition) is 1. The summed E-state index contributed by atoms with van der Waals surface area (Å²) in [5, 5.41) is 3.49. The van der Waals surface area contributed by atoms with Crippen molar-refractivity contribution in [2.75, 3.05) is 11.9 Å². The maximum atomic E-state index is 5.52. The predicted octanol–water partition coefficient (Wildman–Crippen LogP) is 2.37. The molecular weight excluding hydrogens is 188 g/mol. The molecule has 1 saturated heterocycles. The Bertz CT molecular complexity index is 327. The molecule has 2 atom stereocenters. The predicted molar refractivity (Wildman–Crippen MR) is 61.0 cm³/mol. The minimum absolute atomic E-state index is 0.361. The van der Waals surface area contributed by atoms with Gasteiger partial charge in [0.05, 0.1) is 6.10 Å². The topological polar surface area (TPSA) is 34.2 Å². The van der Waals surface area contributed by atoms with Gasteiger partial charge in [-0.2, -0.15) is 0 Å². The van der Waals surface area contributed by atoms with Gasteiger partial charge in [0, 0.05) is 18.8 Å². The molecule has 1 aromatic rings. The molecule has 3 nitrogen and oxygen atoms in total. The van der Waals surface area contributed by atoms with Crippen molar-refractivity contribution in [1.29, 1.82) is 0 Å². The number of rotatable bonds is 2. The summed E-state index contributed by atoms with van der Waals surface area (Å²) in [5.41, 5.74) is 1.21. The zero-order valence-electron chi connectivity index (χ0n) is 9.36. The molecule has 0 aromatic carbocycles. The fraction of sp³-hybridized carbons (Fsp3) is 0.583. The van der Waals surface area contributed by atoms with Crippen LogP contribution in [0, 0.1) is 6.92 Å². The van der Waals surface area contributed by atoms with Gasteiger partial charge in [-0.25, -0.2) is 4.98 Å². The highest BCUT2D eigenvalue weighted by Crippen LogP contribution is 2.19. The molecule has 1 aliphatic rings. The summed E-state index contributed by atoms with van der Waals surface area (Å²) in [4.78, 5) is 4.35. The summed E-state index contributed by atoms with van der Waals surface area (Å²) < 4.78 is 5.52. The highest BCUT2D eigenvalue weighted by molar-refractivity contribution is 5.43. The second-order valence-corrected chi connectivity index (χ2v) is 4.22. The Labute approximate surface area is 90.9 Å². The monoisotopic (exact) mass is 206 g/mol. The number of nitrogens with one attached hydrogen (secondary N) is 1. The van der Waals surface area contributed by atoms with Crippen molar-refractivity contribution in [2.24, 2.45) is 0 Å². The highest BCUT2D eigenvalue weighted by Gasteiger charge is 2.19. The Morgan fingerprint density at radius 3 is 3.13 bits per heavy atom. The molecule has 1 aromatic heterocycles. The van der Waals surface area contributed by atoms with Crippen molar-refractivity contribution in [3.8, 4) is 0 Å². The van der Waals surface area contributed by atoms with Crippen LogP contribution in [0.4, 0.5) is 5.82 Å². The largest absolute Gasteiger partial charge is 0.378 e. The molecule has 0 spiro atoms. The molecule has 15 heavy (non-hydrogen) atoms. The fourth-order valence-electron chi connectivity index (χ4n) is 1.96. The van der Waals surface area contributed by atoms with E-state index in [9.17, 15) is 0 Å². The third kappa shape index (κ3) is 2.69. The first kappa shape index (κ1) is 10.4. The van der Waals surface area contributed by atoms with Crippen LogP contribution in [0.2, 0.25) is 0 Å². The van der Waals surface area contributed by atoms with E-state index < -0.39 is 0 Å². The Morgan fingerprint density at radius 2 is 2.40 bits per heavy atom. The molecule has 1 N–H and O–H groups in total. The zero-order chi connectivity index (χ0) is 10.7. The van der Waals surface area contributed by atoms with Gasteiger partial charge in [0.2, 0.25) is 0 Å². The molecule has 0 amide bonds. The number of nitrogens with zero attached hydrogens (tertiary/aromatic N) is 1. The van der Waals surface area contributed by atoms with Crippen LogP contribution >= 0.6 is 0 Å². The molecular formula is C12H18N2O. The number of aryl methyl sites for hydroxylation is 1. The van der Waals surface area contributed by atoms with Gasteiger partial charge >= 0.3 is 0 Å². The molecule has 0 aliphatic carbocycles. The van der Waals surface area contributed by atoms with Crippen LogP contribution in [0.3, 0.4) is 0 Å². The van der Waals surface area contributed by atoms with Gasteiger partial charge in [0.1, 0.15) is 5.82 Å². The molecule has 2 rings (SSSR count). The third-order valence-electron chi connectivity index (χ3n) is 2.84. The lowest BCUT2D eigenvalue weighted by Crippen LogP contribution is -2.32. The number of hydrogen-bond acceptors (Lipinski definition) is 3. The van der Waals surface area contributed by atoms with E-state index in [-0.39, 0.29) is 0 Å². The second kappa shape index (κ2) is 4.62. The molecule has 1 aliphatic heterocycles. The van der Waals surface area contributed by atoms with Crippen LogP contribution in [0.25, 0.3) is 0 Å². The lowest BCUT2D eigenvalue weighted by Gasteiger charge is -2.28. The fourth-order valence-corrected chi connectivity index (χ4v) is 1.96. The van der Waals surface area contributed by atoms with E-state index in [0.717, 1.165) is 25.3 Å². The van der Waals surface area contributed by atoms with Crippen molar-refractivity contribution in [3.05, 3.63) is 23.9 Å². The van der Waals surface area contributed by atoms with Gasteiger partial charge in [0.25, 0.3) is 0 Å². The van der Waals surface area contributed by atoms with Crippen LogP contribution in [-0.4, -0.2) is 23.7 Å². The van der Waals surface area contributed by atoms with Gasteiger partial charge in [-0.3, -0.25) is 0 Å². The molecule has 3 heteroatoms. The number of aromatic nitrogens is 1. The molecule has 0 saturated carbocycles. The van der Waals surface area contributed by atoms with Crippen molar-refractivity contribution in [3.63, 3.8) is 0 Å². The van der Waals surface area contributed by atoms with Crippen LogP contribution in [0.15, 0.2) is 18.3 Å². The van der Waals surface area contributed by atoms with Crippen LogP contribution in [0.1, 0.15) is 25.3 Å². The van der Waals surface area contributed by atoms with E-state index in [2.05, 4.69) is 30.2 Å². The van der Waals surface area contributed by atoms with Crippen molar-refractivity contribution in [1.82, 2.24) is 4.98 Å². The second-order valence-electron chi connectivity index (χ2n) is 4.22. The number of anilines is 1. The van der Waals surface area contributed by atoms with Crippen molar-refractivity contribution >= 4 is 5.82 Å². The van der Waals surface area contributed by atoms with E-state index in [1.54, 1.807) is 0 Å². The average molecular weight is 206 g/mol. The van der Waals surface area contributed by atoms with Gasteiger partial charge < -0.3 is 10.1 Å². The van der Waals surface area contributed by atoms with Crippen LogP contribution in [-0.2, 0) is 4.74 Å². The van der Waals surface area contributed by atoms with E-state index in [4.69, 9.17) is 4.74 Å². The summed E-state index contributed by atoms with van der Waals surface area (Å²) in [7, 11) is 0. The smallest absolute Gasteiger partial charge is 0.129 e. The van der Waals surface area contributed by atoms with Gasteiger partial charge in [0.15, 0.2) is 0 Å². The summed E-state index contributed by atoms with van der Waals surface area (Å²) in [5.74, 6) is 1.01. The maximum absolute atomic E-state index is 5.52. The quantitative estimate of drug-likeness (QED) is 0.806. The molecule has 0 radical (unpaired) electrons. The highest BCUT2D eigenvalue weighted by atomic mass is 16.5. The van der Waals surface area contributed by atoms with Crippen LogP contribution < -0.4 is 5.32 Å². The Morgan fingerprint density at radius 1 is 1.53 bits per heavy atom. The number of pyridine rings is 1. The summed E-state index contributed by atoms with van der Waals surface area (Å²) in [6.45, 7) is 5.06. The Hall–Kier alpha value is -1.09. The van der Waals surface area contributed by atoms with Crippen molar-refractivity contribution < 1.29 is 4.74 Å². The third-order valence-corrected chi connectivity index (χ3v) is 2.84. The van der Waals surface area contributed by atoms with E-state index >= 15 is 0 Å². The molecule has 82 valence electrons. The zero-order valence-corrected chi connectivity index (χ0v) is 9.36. The van der Waals surface area contributed by atoms with Crippen molar-refractivity contribution in [2.45, 2.75) is 38.8 Å². The molecule has 2 heterocycles. The molecule has 2 unspecified atom stereocenters. The minimum Gasteiger partial charge on any atom is -0.378 e. The summed E-state index contributed by atoms with van der Waals surface area (Å²) in [6, 6.07) is 4.55. The normalized spacial score (nSPS) is 26.3. The van der Waals surface area contributed by atoms with Gasteiger partial charge in [-0.05, 0) is 38.3 Å². The summed E-state index contributed by atoms with van der Waals surface area (Å²) in [6.07, 6.45) is 4.33. The maximum Gasteiger partial charge on any atom is 0.129 e. The van der Waals surface area contributed by atoms with E-state index in [0.29, 0.717) is 12.1 Å². The molecule has 0 bridgehead atoms. The van der Waals surface area contributed by atoms with Crippen LogP contribution in [0.5, 0.6) is 0 Å². The minimum atomic E-state index is 0.361. The standard InChI is InChI=1S/C12H18N2O/c1-9-4-3-6-13-12(9)14-11-5-7-15-10(2)8-11/h3-4,6,10-11H,5,7-8H2,1-2H3,(H,13,14). The van der Waals surface area contributed by atoms with E-state index in [1.165, 1.54) is 5.56 Å². The lowest BCUT2D eigenvalue weighted by atomic mass is 10.0. The summed E-state index contributed by atoms with van der Waals surface area (Å²) >= 11 is 0. The van der Waals surface area contributed by atoms with E-state index in [1.807, 2.05) is 12.3 Å².